The van der Waals surface area contributed by atoms with E-state index in [-0.39, 0.29) is 0 Å². The third-order valence-electron chi connectivity index (χ3n) is 3.62. The van der Waals surface area contributed by atoms with Crippen LogP contribution in [0.2, 0.25) is 0 Å². The van der Waals surface area contributed by atoms with Crippen LogP contribution in [0.3, 0.4) is 0 Å². The molecule has 0 saturated heterocycles. The zero-order chi connectivity index (χ0) is 21.5. The van der Waals surface area contributed by atoms with E-state index in [1.54, 1.807) is 0 Å². The van der Waals surface area contributed by atoms with Crippen molar-refractivity contribution in [2.24, 2.45) is 0 Å². The van der Waals surface area contributed by atoms with Gasteiger partial charge in [-0.15, -0.1) is 10.2 Å². The third kappa shape index (κ3) is 6.05. The molecule has 1 aromatic heterocycles. The van der Waals surface area contributed by atoms with Crippen molar-refractivity contribution in [3.8, 4) is 28.5 Å². The Morgan fingerprint density at radius 3 is 1.62 bits per heavy atom. The molecule has 4 aromatic rings. The number of rotatable bonds is 3. The molecule has 0 spiro atoms. The summed E-state index contributed by atoms with van der Waals surface area (Å²) in [5.74, 6) is 1.61. The van der Waals surface area contributed by atoms with Gasteiger partial charge in [0.25, 0.3) is 0 Å². The van der Waals surface area contributed by atoms with Gasteiger partial charge in [0.1, 0.15) is 0 Å². The molecule has 1 heterocycles. The predicted octanol–water partition coefficient (Wildman–Crippen LogP) is 7.28. The first-order valence-corrected chi connectivity index (χ1v) is 10.4. The summed E-state index contributed by atoms with van der Waals surface area (Å²) in [6, 6.07) is 31.8. The van der Waals surface area contributed by atoms with Crippen molar-refractivity contribution >= 4 is 0 Å². The van der Waals surface area contributed by atoms with Gasteiger partial charge >= 0.3 is 0 Å². The monoisotopic (exact) mass is 385 g/mol. The number of para-hydroxylation sites is 1. The van der Waals surface area contributed by atoms with Gasteiger partial charge in [0.15, 0.2) is 11.6 Å². The maximum atomic E-state index is 4.43. The standard InChI is InChI=1S/C20H13N3.3C2H6/c1-4-10-16(11-5-1)19-21-22-20(17-12-6-2-7-13-17)23(19)18-14-8-3-9-15-18;3*1-2/h1,3-6,8-15H;3*1-2H3. The molecule has 0 N–H and O–H groups in total. The molecule has 0 bridgehead atoms. The summed E-state index contributed by atoms with van der Waals surface area (Å²) in [6.45, 7) is 12.0. The third-order valence-corrected chi connectivity index (χ3v) is 3.62. The van der Waals surface area contributed by atoms with Crippen LogP contribution in [0.15, 0.2) is 78.9 Å². The van der Waals surface area contributed by atoms with Crippen LogP contribution in [-0.4, -0.2) is 14.8 Å². The first-order valence-electron chi connectivity index (χ1n) is 10.4. The van der Waals surface area contributed by atoms with Crippen LogP contribution in [0.25, 0.3) is 28.5 Å². The highest BCUT2D eigenvalue weighted by Gasteiger charge is 2.16. The molecule has 0 aliphatic heterocycles. The summed E-state index contributed by atoms with van der Waals surface area (Å²) in [7, 11) is 0. The molecular weight excluding hydrogens is 354 g/mol. The van der Waals surface area contributed by atoms with Crippen molar-refractivity contribution < 1.29 is 0 Å². The second-order valence-electron chi connectivity index (χ2n) is 5.11. The minimum absolute atomic E-state index is 0.792. The van der Waals surface area contributed by atoms with Gasteiger partial charge in [0.2, 0.25) is 0 Å². The van der Waals surface area contributed by atoms with Crippen LogP contribution >= 0.6 is 0 Å². The Balaban J connectivity index is 0.000000644. The minimum Gasteiger partial charge on any atom is -0.275 e. The summed E-state index contributed by atoms with van der Waals surface area (Å²) in [4.78, 5) is 0. The maximum absolute atomic E-state index is 4.43. The van der Waals surface area contributed by atoms with Crippen molar-refractivity contribution in [1.82, 2.24) is 14.8 Å². The molecule has 0 unspecified atom stereocenters. The lowest BCUT2D eigenvalue weighted by molar-refractivity contribution is 1.07. The number of benzene rings is 2. The zero-order valence-corrected chi connectivity index (χ0v) is 18.3. The fourth-order valence-corrected chi connectivity index (χ4v) is 2.55. The molecule has 4 rings (SSSR count). The van der Waals surface area contributed by atoms with Gasteiger partial charge in [-0.1, -0.05) is 102 Å². The van der Waals surface area contributed by atoms with Crippen molar-refractivity contribution in [1.29, 1.82) is 0 Å². The first-order chi connectivity index (χ1) is 14.4. The van der Waals surface area contributed by atoms with Crippen LogP contribution < -0.4 is 0 Å². The predicted molar refractivity (Wildman–Crippen MR) is 124 cm³/mol. The normalized spacial score (nSPS) is 8.76. The highest BCUT2D eigenvalue weighted by Crippen LogP contribution is 2.27. The number of nitrogens with zero attached hydrogens (tertiary/aromatic N) is 3. The molecule has 3 aromatic carbocycles. The molecule has 3 nitrogen and oxygen atoms in total. The first kappa shape index (κ1) is 23.7. The van der Waals surface area contributed by atoms with Gasteiger partial charge < -0.3 is 0 Å². The van der Waals surface area contributed by atoms with Crippen molar-refractivity contribution in [3.63, 3.8) is 0 Å². The van der Waals surface area contributed by atoms with Gasteiger partial charge in [-0.25, -0.2) is 0 Å². The van der Waals surface area contributed by atoms with Gasteiger partial charge in [-0.3, -0.25) is 4.57 Å². The molecule has 3 heteroatoms. The van der Waals surface area contributed by atoms with Crippen LogP contribution in [0.5, 0.6) is 0 Å². The Morgan fingerprint density at radius 2 is 1.10 bits per heavy atom. The summed E-state index contributed by atoms with van der Waals surface area (Å²) >= 11 is 0. The van der Waals surface area contributed by atoms with Crippen molar-refractivity contribution in [3.05, 3.63) is 91.0 Å². The minimum atomic E-state index is 0.792. The largest absolute Gasteiger partial charge is 0.275 e. The average Bonchev–Trinajstić information content (AvgIpc) is 3.30. The van der Waals surface area contributed by atoms with E-state index in [1.807, 2.05) is 108 Å². The van der Waals surface area contributed by atoms with E-state index in [0.29, 0.717) is 0 Å². The molecule has 0 aliphatic carbocycles. The molecule has 0 amide bonds. The van der Waals surface area contributed by atoms with Crippen LogP contribution in [0.1, 0.15) is 41.5 Å². The van der Waals surface area contributed by atoms with Crippen LogP contribution in [-0.2, 0) is 0 Å². The van der Waals surface area contributed by atoms with E-state index in [2.05, 4.69) is 39.0 Å². The van der Waals surface area contributed by atoms with Gasteiger partial charge in [0, 0.05) is 16.8 Å². The lowest BCUT2D eigenvalue weighted by atomic mass is 10.2. The molecule has 0 fully saturated rings. The number of hydrogen-bond acceptors (Lipinski definition) is 2. The van der Waals surface area contributed by atoms with Gasteiger partial charge in [0.05, 0.1) is 0 Å². The highest BCUT2D eigenvalue weighted by atomic mass is 15.3. The summed E-state index contributed by atoms with van der Waals surface area (Å²) in [5.41, 5.74) is 3.02. The number of aromatic nitrogens is 3. The average molecular weight is 386 g/mol. The van der Waals surface area contributed by atoms with E-state index >= 15 is 0 Å². The molecule has 0 aliphatic rings. The molecule has 0 atom stereocenters. The van der Waals surface area contributed by atoms with E-state index in [0.717, 1.165) is 28.5 Å². The van der Waals surface area contributed by atoms with E-state index in [4.69, 9.17) is 0 Å². The second-order valence-corrected chi connectivity index (χ2v) is 5.11. The molecule has 0 saturated carbocycles. The fraction of sp³-hybridized carbons (Fsp3) is 0.231. The SMILES string of the molecule is CC.CC.CC.c1ccc(-c2nnc(-c3ccccc3)n2-c2ccccc2)cc#1. The maximum Gasteiger partial charge on any atom is 0.169 e. The summed E-state index contributed by atoms with van der Waals surface area (Å²) < 4.78 is 2.07. The lowest BCUT2D eigenvalue weighted by Gasteiger charge is -2.10. The number of hydrogen-bond donors (Lipinski definition) is 0. The lowest BCUT2D eigenvalue weighted by Crippen LogP contribution is -1.99. The Hall–Kier alpha value is -3.38. The van der Waals surface area contributed by atoms with Crippen LogP contribution in [0.4, 0.5) is 0 Å². The fourth-order valence-electron chi connectivity index (χ4n) is 2.55. The van der Waals surface area contributed by atoms with Crippen molar-refractivity contribution in [2.75, 3.05) is 0 Å². The Labute approximate surface area is 176 Å². The zero-order valence-electron chi connectivity index (χ0n) is 18.3. The van der Waals surface area contributed by atoms with E-state index < -0.39 is 0 Å². The second kappa shape index (κ2) is 13.7. The van der Waals surface area contributed by atoms with Gasteiger partial charge in [-0.2, -0.15) is 0 Å². The van der Waals surface area contributed by atoms with Gasteiger partial charge in [-0.05, 0) is 30.3 Å². The smallest absolute Gasteiger partial charge is 0.169 e. The molecule has 0 radical (unpaired) electrons. The van der Waals surface area contributed by atoms with Crippen LogP contribution in [0, 0.1) is 12.1 Å². The summed E-state index contributed by atoms with van der Waals surface area (Å²) in [6.07, 6.45) is 0. The van der Waals surface area contributed by atoms with Crippen molar-refractivity contribution in [2.45, 2.75) is 41.5 Å². The summed E-state index contributed by atoms with van der Waals surface area (Å²) in [5, 5.41) is 8.85. The van der Waals surface area contributed by atoms with E-state index in [1.165, 1.54) is 0 Å². The Morgan fingerprint density at radius 1 is 0.586 bits per heavy atom. The molecule has 150 valence electrons. The Kier molecular flexibility index (Phi) is 11.2. The molecule has 29 heavy (non-hydrogen) atoms. The van der Waals surface area contributed by atoms with E-state index in [9.17, 15) is 0 Å². The molecular formula is C26H31N3. The quantitative estimate of drug-likeness (QED) is 0.371. The highest BCUT2D eigenvalue weighted by molar-refractivity contribution is 5.66. The Bertz CT molecular complexity index is 842. The topological polar surface area (TPSA) is 30.7 Å².